The number of methoxy groups -OCH3 is 1. The van der Waals surface area contributed by atoms with Crippen molar-refractivity contribution in [3.8, 4) is 5.75 Å². The van der Waals surface area contributed by atoms with E-state index in [1.165, 1.54) is 17.6 Å². The third-order valence-corrected chi connectivity index (χ3v) is 7.47. The van der Waals surface area contributed by atoms with Crippen LogP contribution in [0.1, 0.15) is 10.4 Å². The molecular formula is C24H26ClN3O4S2. The smallest absolute Gasteiger partial charge is 0.263 e. The van der Waals surface area contributed by atoms with Crippen molar-refractivity contribution in [2.45, 2.75) is 4.90 Å². The zero-order valence-electron chi connectivity index (χ0n) is 19.3. The van der Waals surface area contributed by atoms with E-state index in [9.17, 15) is 13.2 Å². The molecule has 180 valence electrons. The third-order valence-electron chi connectivity index (χ3n) is 5.32. The number of anilines is 1. The molecule has 1 aromatic heterocycles. The van der Waals surface area contributed by atoms with Crippen LogP contribution in [0.3, 0.4) is 0 Å². The highest BCUT2D eigenvalue weighted by Crippen LogP contribution is 2.33. The molecule has 0 unspecified atom stereocenters. The van der Waals surface area contributed by atoms with Gasteiger partial charge in [0.1, 0.15) is 5.75 Å². The van der Waals surface area contributed by atoms with Gasteiger partial charge in [-0.1, -0.05) is 35.6 Å². The first-order valence-electron chi connectivity index (χ1n) is 10.3. The van der Waals surface area contributed by atoms with Gasteiger partial charge in [-0.25, -0.2) is 13.4 Å². The number of benzene rings is 3. The Morgan fingerprint density at radius 2 is 1.71 bits per heavy atom. The molecule has 4 rings (SSSR count). The number of carbonyl (C=O) groups excluding carboxylic acids is 1. The predicted molar refractivity (Wildman–Crippen MR) is 141 cm³/mol. The van der Waals surface area contributed by atoms with Crippen molar-refractivity contribution in [3.63, 3.8) is 0 Å². The van der Waals surface area contributed by atoms with E-state index in [1.807, 2.05) is 55.4 Å². The van der Waals surface area contributed by atoms with Gasteiger partial charge in [0, 0.05) is 19.3 Å². The molecule has 0 spiro atoms. The fourth-order valence-electron chi connectivity index (χ4n) is 3.52. The molecule has 3 aromatic carbocycles. The Labute approximate surface area is 209 Å². The molecule has 7 nitrogen and oxygen atoms in total. The van der Waals surface area contributed by atoms with E-state index >= 15 is 0 Å². The van der Waals surface area contributed by atoms with Crippen molar-refractivity contribution in [1.29, 1.82) is 0 Å². The van der Waals surface area contributed by atoms with Gasteiger partial charge >= 0.3 is 0 Å². The summed E-state index contributed by atoms with van der Waals surface area (Å²) < 4.78 is 30.2. The number of sulfone groups is 1. The van der Waals surface area contributed by atoms with Crippen LogP contribution in [-0.4, -0.2) is 64.8 Å². The number of hydrogen-bond acceptors (Lipinski definition) is 7. The predicted octanol–water partition coefficient (Wildman–Crippen LogP) is 4.49. The maximum Gasteiger partial charge on any atom is 0.263 e. The van der Waals surface area contributed by atoms with E-state index in [2.05, 4.69) is 4.98 Å². The molecule has 0 fully saturated rings. The molecule has 0 aliphatic carbocycles. The summed E-state index contributed by atoms with van der Waals surface area (Å²) in [6.45, 7) is 1.05. The lowest BCUT2D eigenvalue weighted by atomic mass is 10.0. The van der Waals surface area contributed by atoms with Crippen molar-refractivity contribution < 1.29 is 17.9 Å². The van der Waals surface area contributed by atoms with Gasteiger partial charge in [0.25, 0.3) is 5.91 Å². The minimum atomic E-state index is -3.34. The zero-order valence-corrected chi connectivity index (χ0v) is 21.8. The van der Waals surface area contributed by atoms with E-state index < -0.39 is 9.84 Å². The molecular weight excluding hydrogens is 494 g/mol. The first-order valence-corrected chi connectivity index (χ1v) is 13.0. The summed E-state index contributed by atoms with van der Waals surface area (Å²) in [6, 6.07) is 16.3. The van der Waals surface area contributed by atoms with Crippen molar-refractivity contribution in [3.05, 3.63) is 60.2 Å². The van der Waals surface area contributed by atoms with Crippen LogP contribution in [0.15, 0.2) is 59.5 Å². The van der Waals surface area contributed by atoms with Crippen molar-refractivity contribution in [2.75, 3.05) is 45.5 Å². The number of hydrogen-bond donors (Lipinski definition) is 0. The Bertz CT molecular complexity index is 1450. The lowest BCUT2D eigenvalue weighted by Gasteiger charge is -2.23. The van der Waals surface area contributed by atoms with Gasteiger partial charge in [0.15, 0.2) is 15.0 Å². The van der Waals surface area contributed by atoms with Crippen LogP contribution in [-0.2, 0) is 9.84 Å². The molecule has 0 N–H and O–H groups in total. The summed E-state index contributed by atoms with van der Waals surface area (Å²) in [7, 11) is 2.09. The molecule has 0 aliphatic rings. The molecule has 34 heavy (non-hydrogen) atoms. The molecule has 1 amide bonds. The number of halogens is 1. The van der Waals surface area contributed by atoms with Crippen LogP contribution < -0.4 is 9.64 Å². The lowest BCUT2D eigenvalue weighted by molar-refractivity contribution is 0.0982. The zero-order chi connectivity index (χ0) is 23.8. The molecule has 1 heterocycles. The number of rotatable bonds is 7. The number of thiazole rings is 1. The fraction of sp³-hybridized carbons (Fsp3) is 0.250. The quantitative estimate of drug-likeness (QED) is 0.358. The van der Waals surface area contributed by atoms with Gasteiger partial charge in [-0.15, -0.1) is 12.4 Å². The molecule has 0 saturated carbocycles. The monoisotopic (exact) mass is 519 g/mol. The second-order valence-corrected chi connectivity index (χ2v) is 11.1. The van der Waals surface area contributed by atoms with Crippen LogP contribution in [0.5, 0.6) is 5.75 Å². The van der Waals surface area contributed by atoms with Gasteiger partial charge in [-0.2, -0.15) is 0 Å². The minimum absolute atomic E-state index is 0. The van der Waals surface area contributed by atoms with E-state index in [0.717, 1.165) is 10.8 Å². The molecule has 10 heteroatoms. The van der Waals surface area contributed by atoms with Gasteiger partial charge < -0.3 is 9.64 Å². The maximum absolute atomic E-state index is 13.8. The largest absolute Gasteiger partial charge is 0.496 e. The lowest BCUT2D eigenvalue weighted by Crippen LogP contribution is -2.37. The summed E-state index contributed by atoms with van der Waals surface area (Å²) in [5.74, 6) is 0.274. The summed E-state index contributed by atoms with van der Waals surface area (Å²) in [5.41, 5.74) is 1.10. The maximum atomic E-state index is 13.8. The Hall–Kier alpha value is -2.72. The Morgan fingerprint density at radius 1 is 1.03 bits per heavy atom. The number of carbonyl (C=O) groups is 1. The van der Waals surface area contributed by atoms with E-state index in [1.54, 1.807) is 30.2 Å². The molecule has 0 radical (unpaired) electrons. The second kappa shape index (κ2) is 10.3. The van der Waals surface area contributed by atoms with Crippen molar-refractivity contribution >= 4 is 65.6 Å². The van der Waals surface area contributed by atoms with Crippen molar-refractivity contribution in [2.24, 2.45) is 0 Å². The first kappa shape index (κ1) is 25.9. The first-order chi connectivity index (χ1) is 15.7. The number of ether oxygens (including phenoxy) is 1. The molecule has 4 aromatic rings. The Balaban J connectivity index is 0.00000324. The van der Waals surface area contributed by atoms with E-state index in [0.29, 0.717) is 39.8 Å². The minimum Gasteiger partial charge on any atom is -0.496 e. The summed E-state index contributed by atoms with van der Waals surface area (Å²) in [6.07, 6.45) is 1.18. The van der Waals surface area contributed by atoms with Gasteiger partial charge in [0.2, 0.25) is 0 Å². The average molecular weight is 520 g/mol. The normalized spacial score (nSPS) is 11.6. The third kappa shape index (κ3) is 5.33. The highest BCUT2D eigenvalue weighted by Gasteiger charge is 2.25. The summed E-state index contributed by atoms with van der Waals surface area (Å²) in [4.78, 5) is 22.3. The van der Waals surface area contributed by atoms with Crippen molar-refractivity contribution in [1.82, 2.24) is 9.88 Å². The topological polar surface area (TPSA) is 79.8 Å². The highest BCUT2D eigenvalue weighted by molar-refractivity contribution is 7.90. The number of nitrogens with zero attached hydrogens (tertiary/aromatic N) is 3. The number of amides is 1. The molecule has 0 saturated heterocycles. The standard InChI is InChI=1S/C24H25N3O4S2.ClH/c1-26(2)11-12-27(24-25-20-10-9-18(33(4,29)30)15-22(20)32-24)23(28)19-13-16-7-5-6-8-17(16)14-21(19)31-3;/h5-10,13-15H,11-12H2,1-4H3;1H. The van der Waals surface area contributed by atoms with E-state index in [4.69, 9.17) is 4.74 Å². The van der Waals surface area contributed by atoms with E-state index in [-0.39, 0.29) is 23.2 Å². The Morgan fingerprint density at radius 3 is 2.32 bits per heavy atom. The number of aromatic nitrogens is 1. The summed E-state index contributed by atoms with van der Waals surface area (Å²) >= 11 is 1.30. The van der Waals surface area contributed by atoms with Gasteiger partial charge in [-0.3, -0.25) is 9.69 Å². The van der Waals surface area contributed by atoms with Gasteiger partial charge in [-0.05, 0) is 55.2 Å². The summed E-state index contributed by atoms with van der Waals surface area (Å²) in [5, 5.41) is 2.44. The van der Waals surface area contributed by atoms with Crippen LogP contribution >= 0.6 is 23.7 Å². The van der Waals surface area contributed by atoms with Crippen LogP contribution in [0.25, 0.3) is 21.0 Å². The van der Waals surface area contributed by atoms with Crippen LogP contribution in [0.2, 0.25) is 0 Å². The van der Waals surface area contributed by atoms with Crippen LogP contribution in [0.4, 0.5) is 5.13 Å². The highest BCUT2D eigenvalue weighted by atomic mass is 35.5. The fourth-order valence-corrected chi connectivity index (χ4v) is 5.27. The molecule has 0 bridgehead atoms. The molecule has 0 atom stereocenters. The van der Waals surface area contributed by atoms with Crippen LogP contribution in [0, 0.1) is 0 Å². The molecule has 0 aliphatic heterocycles. The average Bonchev–Trinajstić information content (AvgIpc) is 3.20. The second-order valence-electron chi connectivity index (χ2n) is 8.06. The van der Waals surface area contributed by atoms with Gasteiger partial charge in [0.05, 0.1) is 27.8 Å². The number of likely N-dealkylation sites (N-methyl/N-ethyl adjacent to an activating group) is 1. The number of fused-ring (bicyclic) bond motifs is 2. The SMILES string of the molecule is COc1cc2ccccc2cc1C(=O)N(CCN(C)C)c1nc2ccc(S(C)(=O)=O)cc2s1.Cl. The Kier molecular flexibility index (Phi) is 7.82.